The third kappa shape index (κ3) is 3.19. The van der Waals surface area contributed by atoms with Crippen LogP contribution >= 0.6 is 0 Å². The van der Waals surface area contributed by atoms with Crippen LogP contribution in [0.2, 0.25) is 0 Å². The Morgan fingerprint density at radius 1 is 0.367 bits per heavy atom. The number of hydrogen-bond acceptors (Lipinski definition) is 0. The maximum absolute atomic E-state index is 14.3. The van der Waals surface area contributed by atoms with Gasteiger partial charge in [-0.15, -0.1) is 0 Å². The Labute approximate surface area is 160 Å². The lowest BCUT2D eigenvalue weighted by atomic mass is 9.36. The van der Waals surface area contributed by atoms with Gasteiger partial charge in [-0.2, -0.15) is 0 Å². The smallest absolute Gasteiger partial charge is 0.207 e. The molecule has 0 saturated heterocycles. The van der Waals surface area contributed by atoms with Crippen molar-refractivity contribution in [1.82, 2.24) is 0 Å². The predicted octanol–water partition coefficient (Wildman–Crippen LogP) is 3.73. The predicted molar refractivity (Wildman–Crippen MR) is 83.5 cm³/mol. The summed E-state index contributed by atoms with van der Waals surface area (Å²) in [6, 6.07) is 0.901. The molecule has 156 valence electrons. The van der Waals surface area contributed by atoms with E-state index < -0.39 is 87.1 Å². The highest BCUT2D eigenvalue weighted by Gasteiger charge is 2.40. The van der Waals surface area contributed by atoms with E-state index in [9.17, 15) is 48.3 Å². The SMILES string of the molecule is Fc1ccc(B(c2c(F)ccc(F)c2F)c2c(F)c(F)c(F)c(F)c2F)c(F)c1F. The van der Waals surface area contributed by atoms with Crippen LogP contribution in [0.25, 0.3) is 0 Å². The molecule has 0 saturated carbocycles. The molecule has 0 spiro atoms. The van der Waals surface area contributed by atoms with Gasteiger partial charge in [-0.1, -0.05) is 6.07 Å². The second-order valence-electron chi connectivity index (χ2n) is 5.94. The Hall–Kier alpha value is -3.05. The Balaban J connectivity index is 2.53. The lowest BCUT2D eigenvalue weighted by molar-refractivity contribution is 0.384. The van der Waals surface area contributed by atoms with E-state index in [0.29, 0.717) is 0 Å². The molecule has 0 nitrogen and oxygen atoms in total. The minimum atomic E-state index is -2.92. The molecule has 0 aromatic heterocycles. The molecule has 0 aliphatic heterocycles. The molecule has 0 amide bonds. The molecule has 0 N–H and O–H groups in total. The van der Waals surface area contributed by atoms with Gasteiger partial charge in [-0.3, -0.25) is 0 Å². The van der Waals surface area contributed by atoms with Crippen molar-refractivity contribution in [3.8, 4) is 0 Å². The summed E-state index contributed by atoms with van der Waals surface area (Å²) >= 11 is 0. The molecule has 0 heterocycles. The number of rotatable bonds is 3. The van der Waals surface area contributed by atoms with E-state index in [2.05, 4.69) is 0 Å². The highest BCUT2D eigenvalue weighted by molar-refractivity contribution is 6.95. The van der Waals surface area contributed by atoms with Crippen LogP contribution in [0.1, 0.15) is 0 Å². The third-order valence-corrected chi connectivity index (χ3v) is 4.28. The monoisotopic (exact) mass is 440 g/mol. The van der Waals surface area contributed by atoms with Crippen molar-refractivity contribution in [3.05, 3.63) is 88.3 Å². The molecule has 0 bridgehead atoms. The fourth-order valence-corrected chi connectivity index (χ4v) is 2.90. The molecule has 3 aromatic rings. The standard InChI is InChI=1S/C18H4BF11/c20-6-3-4-7(21)12(24)9(6)19(5-1-2-8(22)13(25)11(5)23)10-14(26)16(28)18(30)17(29)15(10)27/h1-4H. The van der Waals surface area contributed by atoms with Crippen molar-refractivity contribution in [3.63, 3.8) is 0 Å². The first kappa shape index (κ1) is 21.7. The van der Waals surface area contributed by atoms with E-state index >= 15 is 0 Å². The topological polar surface area (TPSA) is 0 Å². The Morgan fingerprint density at radius 2 is 0.800 bits per heavy atom. The van der Waals surface area contributed by atoms with Crippen LogP contribution in [0.4, 0.5) is 48.3 Å². The zero-order valence-corrected chi connectivity index (χ0v) is 14.0. The first-order chi connectivity index (χ1) is 14.0. The third-order valence-electron chi connectivity index (χ3n) is 4.28. The summed E-state index contributed by atoms with van der Waals surface area (Å²) in [7, 11) is 0. The summed E-state index contributed by atoms with van der Waals surface area (Å²) < 4.78 is 153. The average molecular weight is 440 g/mol. The Bertz CT molecular complexity index is 1150. The van der Waals surface area contributed by atoms with Gasteiger partial charge in [0.1, 0.15) is 5.82 Å². The van der Waals surface area contributed by atoms with Gasteiger partial charge < -0.3 is 0 Å². The molecule has 0 unspecified atom stereocenters. The van der Waals surface area contributed by atoms with Gasteiger partial charge in [-0.05, 0) is 23.7 Å². The van der Waals surface area contributed by atoms with Gasteiger partial charge in [-0.25, -0.2) is 48.3 Å². The molecule has 0 fully saturated rings. The van der Waals surface area contributed by atoms with Gasteiger partial charge in [0.2, 0.25) is 0 Å². The maximum Gasteiger partial charge on any atom is 0.260 e. The fourth-order valence-electron chi connectivity index (χ4n) is 2.90. The summed E-state index contributed by atoms with van der Waals surface area (Å²) in [6.07, 6.45) is 0. The molecular formula is C18H4BF11. The molecule has 3 aromatic carbocycles. The molecule has 0 aliphatic carbocycles. The molecule has 3 rings (SSSR count). The average Bonchev–Trinajstić information content (AvgIpc) is 2.71. The summed E-state index contributed by atoms with van der Waals surface area (Å²) in [5.74, 6) is -25.2. The van der Waals surface area contributed by atoms with E-state index in [1.165, 1.54) is 0 Å². The van der Waals surface area contributed by atoms with E-state index in [4.69, 9.17) is 0 Å². The number of hydrogen-bond donors (Lipinski definition) is 0. The zero-order chi connectivity index (χ0) is 22.5. The van der Waals surface area contributed by atoms with Crippen LogP contribution in [0.15, 0.2) is 24.3 Å². The normalized spacial score (nSPS) is 11.2. The largest absolute Gasteiger partial charge is 0.260 e. The highest BCUT2D eigenvalue weighted by Crippen LogP contribution is 2.19. The van der Waals surface area contributed by atoms with E-state index in [-0.39, 0.29) is 24.3 Å². The van der Waals surface area contributed by atoms with E-state index in [1.54, 1.807) is 0 Å². The molecule has 12 heteroatoms. The van der Waals surface area contributed by atoms with E-state index in [1.807, 2.05) is 0 Å². The molecule has 0 atom stereocenters. The second kappa shape index (κ2) is 7.65. The van der Waals surface area contributed by atoms with Gasteiger partial charge in [0.15, 0.2) is 58.2 Å². The summed E-state index contributed by atoms with van der Waals surface area (Å²) in [5.41, 5.74) is -5.11. The van der Waals surface area contributed by atoms with Gasteiger partial charge in [0.05, 0.1) is 0 Å². The molecule has 0 radical (unpaired) electrons. The van der Waals surface area contributed by atoms with Crippen molar-refractivity contribution in [2.75, 3.05) is 0 Å². The number of halogens is 11. The molecular weight excluding hydrogens is 436 g/mol. The summed E-state index contributed by atoms with van der Waals surface area (Å²) in [6.45, 7) is -2.92. The highest BCUT2D eigenvalue weighted by atomic mass is 19.2. The Morgan fingerprint density at radius 3 is 1.37 bits per heavy atom. The van der Waals surface area contributed by atoms with Gasteiger partial charge >= 0.3 is 0 Å². The molecule has 0 aliphatic rings. The van der Waals surface area contributed by atoms with E-state index in [0.717, 1.165) is 0 Å². The van der Waals surface area contributed by atoms with Crippen LogP contribution in [-0.4, -0.2) is 6.71 Å². The zero-order valence-electron chi connectivity index (χ0n) is 14.0. The van der Waals surface area contributed by atoms with Gasteiger partial charge in [0, 0.05) is 10.9 Å². The Kier molecular flexibility index (Phi) is 5.53. The van der Waals surface area contributed by atoms with Crippen molar-refractivity contribution >= 4 is 23.1 Å². The van der Waals surface area contributed by atoms with Crippen molar-refractivity contribution < 1.29 is 48.3 Å². The second-order valence-corrected chi connectivity index (χ2v) is 5.94. The fraction of sp³-hybridized carbons (Fsp3) is 0. The minimum Gasteiger partial charge on any atom is -0.207 e. The van der Waals surface area contributed by atoms with Crippen molar-refractivity contribution in [2.45, 2.75) is 0 Å². The lowest BCUT2D eigenvalue weighted by Crippen LogP contribution is -2.59. The van der Waals surface area contributed by atoms with Crippen LogP contribution < -0.4 is 16.4 Å². The van der Waals surface area contributed by atoms with Crippen LogP contribution in [-0.2, 0) is 0 Å². The van der Waals surface area contributed by atoms with Crippen molar-refractivity contribution in [1.29, 1.82) is 0 Å². The maximum atomic E-state index is 14.3. The first-order valence-electron chi connectivity index (χ1n) is 7.77. The quantitative estimate of drug-likeness (QED) is 0.252. The minimum absolute atomic E-state index is 0.182. The summed E-state index contributed by atoms with van der Waals surface area (Å²) in [4.78, 5) is 0. The number of benzene rings is 3. The van der Waals surface area contributed by atoms with Crippen LogP contribution in [0, 0.1) is 64.0 Å². The van der Waals surface area contributed by atoms with Gasteiger partial charge in [0.25, 0.3) is 6.71 Å². The van der Waals surface area contributed by atoms with Crippen molar-refractivity contribution in [2.24, 2.45) is 0 Å². The summed E-state index contributed by atoms with van der Waals surface area (Å²) in [5, 5.41) is 0. The molecule has 30 heavy (non-hydrogen) atoms. The van der Waals surface area contributed by atoms with Crippen LogP contribution in [0.5, 0.6) is 0 Å². The lowest BCUT2D eigenvalue weighted by Gasteiger charge is -2.20. The van der Waals surface area contributed by atoms with Crippen LogP contribution in [0.3, 0.4) is 0 Å². The first-order valence-corrected chi connectivity index (χ1v) is 7.77.